The summed E-state index contributed by atoms with van der Waals surface area (Å²) in [4.78, 5) is 17.2. The first-order valence-electron chi connectivity index (χ1n) is 10.7. The van der Waals surface area contributed by atoms with Crippen LogP contribution in [0.15, 0.2) is 48.7 Å². The van der Waals surface area contributed by atoms with Gasteiger partial charge in [-0.3, -0.25) is 9.78 Å². The second kappa shape index (κ2) is 7.79. The number of amides is 1. The number of carbonyl (C=O) groups is 1. The predicted octanol–water partition coefficient (Wildman–Crippen LogP) is 6.34. The third-order valence-corrected chi connectivity index (χ3v) is 7.34. The Morgan fingerprint density at radius 1 is 1.19 bits per heavy atom. The second-order valence-electron chi connectivity index (χ2n) is 8.79. The summed E-state index contributed by atoms with van der Waals surface area (Å²) in [5, 5.41) is 4.54. The zero-order valence-corrected chi connectivity index (χ0v) is 18.1. The molecule has 4 nitrogen and oxygen atoms in total. The average molecular weight is 439 g/mol. The second-order valence-corrected chi connectivity index (χ2v) is 9.23. The number of methoxy groups -OCH3 is 1. The summed E-state index contributed by atoms with van der Waals surface area (Å²) in [5.41, 5.74) is 2.79. The van der Waals surface area contributed by atoms with Gasteiger partial charge in [0.15, 0.2) is 11.6 Å². The number of pyridine rings is 1. The Kier molecular flexibility index (Phi) is 5.09. The lowest BCUT2D eigenvalue weighted by atomic mass is 9.75. The highest BCUT2D eigenvalue weighted by molar-refractivity contribution is 6.30. The van der Waals surface area contributed by atoms with Gasteiger partial charge in [0.2, 0.25) is 5.91 Å². The molecule has 1 spiro atoms. The Labute approximate surface area is 185 Å². The van der Waals surface area contributed by atoms with Gasteiger partial charge >= 0.3 is 0 Å². The molecule has 2 aromatic carbocycles. The predicted molar refractivity (Wildman–Crippen MR) is 120 cm³/mol. The van der Waals surface area contributed by atoms with Crippen molar-refractivity contribution >= 4 is 34.1 Å². The van der Waals surface area contributed by atoms with E-state index in [9.17, 15) is 9.18 Å². The monoisotopic (exact) mass is 438 g/mol. The van der Waals surface area contributed by atoms with E-state index in [1.165, 1.54) is 7.11 Å². The van der Waals surface area contributed by atoms with Gasteiger partial charge in [-0.25, -0.2) is 4.39 Å². The van der Waals surface area contributed by atoms with Crippen molar-refractivity contribution in [2.45, 2.75) is 38.0 Å². The summed E-state index contributed by atoms with van der Waals surface area (Å²) < 4.78 is 19.4. The van der Waals surface area contributed by atoms with Gasteiger partial charge in [-0.2, -0.15) is 0 Å². The van der Waals surface area contributed by atoms with Crippen molar-refractivity contribution in [1.29, 1.82) is 0 Å². The van der Waals surface area contributed by atoms with Crippen molar-refractivity contribution in [3.05, 3.63) is 65.1 Å². The largest absolute Gasteiger partial charge is 0.494 e. The van der Waals surface area contributed by atoms with E-state index in [0.29, 0.717) is 10.9 Å². The molecule has 0 radical (unpaired) electrons. The highest BCUT2D eigenvalue weighted by Crippen LogP contribution is 2.63. The quantitative estimate of drug-likeness (QED) is 0.517. The SMILES string of the molecule is COc1cc2nccc([C@H]3CC[C@@]4(CC3)C[C@@H]4C(=O)Nc3ccc(Cl)cc3)c2cc1F. The average Bonchev–Trinajstić information content (AvgIpc) is 3.48. The minimum Gasteiger partial charge on any atom is -0.494 e. The van der Waals surface area contributed by atoms with E-state index in [4.69, 9.17) is 16.3 Å². The highest BCUT2D eigenvalue weighted by atomic mass is 35.5. The van der Waals surface area contributed by atoms with Gasteiger partial charge in [0.05, 0.1) is 12.6 Å². The van der Waals surface area contributed by atoms with Gasteiger partial charge in [-0.15, -0.1) is 0 Å². The Hall–Kier alpha value is -2.66. The van der Waals surface area contributed by atoms with Crippen LogP contribution in [0.2, 0.25) is 5.02 Å². The first-order valence-corrected chi connectivity index (χ1v) is 11.1. The van der Waals surface area contributed by atoms with Gasteiger partial charge in [0.1, 0.15) is 0 Å². The molecule has 160 valence electrons. The molecule has 2 saturated carbocycles. The first kappa shape index (κ1) is 20.3. The van der Waals surface area contributed by atoms with Crippen LogP contribution in [0.5, 0.6) is 5.75 Å². The third kappa shape index (κ3) is 3.76. The number of benzene rings is 2. The van der Waals surface area contributed by atoms with Crippen LogP contribution in [0.1, 0.15) is 43.6 Å². The minimum atomic E-state index is -0.363. The minimum absolute atomic E-state index is 0.0695. The summed E-state index contributed by atoms with van der Waals surface area (Å²) in [7, 11) is 1.46. The topological polar surface area (TPSA) is 51.2 Å². The summed E-state index contributed by atoms with van der Waals surface area (Å²) in [6.07, 6.45) is 6.76. The van der Waals surface area contributed by atoms with Gasteiger partial charge in [-0.1, -0.05) is 11.6 Å². The molecule has 31 heavy (non-hydrogen) atoms. The molecule has 0 aliphatic heterocycles. The Bertz CT molecular complexity index is 1140. The third-order valence-electron chi connectivity index (χ3n) is 7.09. The number of hydrogen-bond acceptors (Lipinski definition) is 3. The van der Waals surface area contributed by atoms with Crippen molar-refractivity contribution < 1.29 is 13.9 Å². The van der Waals surface area contributed by atoms with Crippen LogP contribution >= 0.6 is 11.6 Å². The fraction of sp³-hybridized carbons (Fsp3) is 0.360. The van der Waals surface area contributed by atoms with Crippen molar-refractivity contribution in [3.63, 3.8) is 0 Å². The van der Waals surface area contributed by atoms with Crippen LogP contribution in [0.4, 0.5) is 10.1 Å². The van der Waals surface area contributed by atoms with Crippen LogP contribution in [0, 0.1) is 17.2 Å². The van der Waals surface area contributed by atoms with E-state index < -0.39 is 0 Å². The number of hydrogen-bond donors (Lipinski definition) is 1. The fourth-order valence-corrected chi connectivity index (χ4v) is 5.34. The molecule has 1 heterocycles. The maximum atomic E-state index is 14.3. The van der Waals surface area contributed by atoms with Gasteiger partial charge < -0.3 is 10.1 Å². The molecule has 3 aromatic rings. The van der Waals surface area contributed by atoms with Crippen LogP contribution < -0.4 is 10.1 Å². The summed E-state index contributed by atoms with van der Waals surface area (Å²) in [5.74, 6) is 0.374. The lowest BCUT2D eigenvalue weighted by molar-refractivity contribution is -0.118. The first-order chi connectivity index (χ1) is 15.0. The lowest BCUT2D eigenvalue weighted by Crippen LogP contribution is -2.22. The molecule has 1 aromatic heterocycles. The van der Waals surface area contributed by atoms with E-state index >= 15 is 0 Å². The van der Waals surface area contributed by atoms with Crippen LogP contribution in [-0.4, -0.2) is 18.0 Å². The molecule has 2 fully saturated rings. The number of anilines is 1. The van der Waals surface area contributed by atoms with Gasteiger partial charge in [0.25, 0.3) is 0 Å². The summed E-state index contributed by atoms with van der Waals surface area (Å²) >= 11 is 5.92. The smallest absolute Gasteiger partial charge is 0.228 e. The maximum Gasteiger partial charge on any atom is 0.228 e. The zero-order valence-electron chi connectivity index (χ0n) is 17.3. The Balaban J connectivity index is 1.27. The standard InChI is InChI=1S/C25H24ClFN2O2/c1-31-23-13-22-19(12-21(23)27)18(8-11-28-22)15-6-9-25(10-7-15)14-20(25)24(30)29-17-4-2-16(26)3-5-17/h2-5,8,11-13,15,20H,6-7,9-10,14H2,1H3,(H,29,30)/t15-,20-,25+/m1/s1. The molecule has 1 atom stereocenters. The number of ether oxygens (including phenoxy) is 1. The highest BCUT2D eigenvalue weighted by Gasteiger charge is 2.58. The molecular formula is C25H24ClFN2O2. The molecular weight excluding hydrogens is 415 g/mol. The molecule has 6 heteroatoms. The number of aromatic nitrogens is 1. The van der Waals surface area contributed by atoms with E-state index in [2.05, 4.69) is 10.3 Å². The van der Waals surface area contributed by atoms with Crippen molar-refractivity contribution in [2.75, 3.05) is 12.4 Å². The molecule has 0 unspecified atom stereocenters. The van der Waals surface area contributed by atoms with E-state index in [-0.39, 0.29) is 28.8 Å². The van der Waals surface area contributed by atoms with E-state index in [0.717, 1.165) is 54.3 Å². The summed E-state index contributed by atoms with van der Waals surface area (Å²) in [6, 6.07) is 12.4. The fourth-order valence-electron chi connectivity index (χ4n) is 5.22. The van der Waals surface area contributed by atoms with Crippen molar-refractivity contribution in [3.8, 4) is 5.75 Å². The van der Waals surface area contributed by atoms with E-state index in [1.807, 2.05) is 18.2 Å². The molecule has 0 bridgehead atoms. The molecule has 5 rings (SSSR count). The number of nitrogens with zero attached hydrogens (tertiary/aromatic N) is 1. The number of fused-ring (bicyclic) bond motifs is 1. The number of carbonyl (C=O) groups excluding carboxylic acids is 1. The number of nitrogens with one attached hydrogen (secondary N) is 1. The van der Waals surface area contributed by atoms with Crippen molar-refractivity contribution in [1.82, 2.24) is 4.98 Å². The van der Waals surface area contributed by atoms with Crippen LogP contribution in [-0.2, 0) is 4.79 Å². The van der Waals surface area contributed by atoms with E-state index in [1.54, 1.807) is 30.5 Å². The maximum absolute atomic E-state index is 14.3. The molecule has 0 saturated heterocycles. The lowest BCUT2D eigenvalue weighted by Gasteiger charge is -2.30. The Morgan fingerprint density at radius 2 is 1.94 bits per heavy atom. The Morgan fingerprint density at radius 3 is 2.65 bits per heavy atom. The van der Waals surface area contributed by atoms with Crippen molar-refractivity contribution in [2.24, 2.45) is 11.3 Å². The zero-order chi connectivity index (χ0) is 21.6. The van der Waals surface area contributed by atoms with Crippen LogP contribution in [0.3, 0.4) is 0 Å². The molecule has 2 aliphatic carbocycles. The normalized spacial score (nSPS) is 24.9. The number of rotatable bonds is 4. The van der Waals surface area contributed by atoms with Gasteiger partial charge in [-0.05, 0) is 85.4 Å². The number of halogens is 2. The molecule has 1 amide bonds. The van der Waals surface area contributed by atoms with Gasteiger partial charge in [0, 0.05) is 34.3 Å². The summed E-state index contributed by atoms with van der Waals surface area (Å²) in [6.45, 7) is 0. The van der Waals surface area contributed by atoms with Crippen LogP contribution in [0.25, 0.3) is 10.9 Å². The molecule has 2 aliphatic rings. The molecule has 1 N–H and O–H groups in total.